The quantitative estimate of drug-likeness (QED) is 0.775. The Morgan fingerprint density at radius 3 is 2.37 bits per heavy atom. The van der Waals surface area contributed by atoms with Crippen LogP contribution < -0.4 is 5.56 Å². The molecule has 0 aliphatic heterocycles. The van der Waals surface area contributed by atoms with Gasteiger partial charge in [-0.15, -0.1) is 0 Å². The molecule has 0 fully saturated rings. The molecule has 1 heterocycles. The van der Waals surface area contributed by atoms with E-state index in [2.05, 4.69) is 36.8 Å². The second-order valence-corrected chi connectivity index (χ2v) is 4.98. The summed E-state index contributed by atoms with van der Waals surface area (Å²) < 4.78 is 15.0. The van der Waals surface area contributed by atoms with Gasteiger partial charge < -0.3 is 4.57 Å². The molecule has 1 aromatic carbocycles. The van der Waals surface area contributed by atoms with E-state index in [0.717, 1.165) is 5.56 Å². The summed E-state index contributed by atoms with van der Waals surface area (Å²) in [4.78, 5) is 15.7. The second kappa shape index (κ2) is 7.55. The summed E-state index contributed by atoms with van der Waals surface area (Å²) in [6.07, 6.45) is 1.59. The van der Waals surface area contributed by atoms with Gasteiger partial charge in [-0.05, 0) is 49.6 Å². The van der Waals surface area contributed by atoms with Crippen molar-refractivity contribution in [2.45, 2.75) is 20.4 Å². The summed E-state index contributed by atoms with van der Waals surface area (Å²) in [7, 11) is 0. The van der Waals surface area contributed by atoms with Gasteiger partial charge in [0, 0.05) is 6.20 Å². The van der Waals surface area contributed by atoms with Crippen molar-refractivity contribution in [1.29, 1.82) is 0 Å². The third-order valence-electron chi connectivity index (χ3n) is 2.17. The standard InChI is InChI=1S/C11H7Br2FN2O.C2H6/c12-9-6-16(11(17)10(13)15-9)5-7-1-3-8(14)4-2-7;1-2/h1-4,6H,5H2;1-2H3. The molecule has 2 rings (SSSR count). The molecule has 0 aliphatic rings. The Kier molecular flexibility index (Phi) is 6.37. The molecule has 0 atom stereocenters. The lowest BCUT2D eigenvalue weighted by Gasteiger charge is -2.06. The van der Waals surface area contributed by atoms with Crippen molar-refractivity contribution in [2.75, 3.05) is 0 Å². The number of halogens is 3. The molecule has 0 bridgehead atoms. The maximum absolute atomic E-state index is 12.7. The van der Waals surface area contributed by atoms with Crippen LogP contribution in [0.3, 0.4) is 0 Å². The third kappa shape index (κ3) is 4.54. The molecule has 0 radical (unpaired) electrons. The fourth-order valence-corrected chi connectivity index (χ4v) is 2.46. The Labute approximate surface area is 127 Å². The number of benzene rings is 1. The van der Waals surface area contributed by atoms with Crippen molar-refractivity contribution >= 4 is 31.9 Å². The van der Waals surface area contributed by atoms with Crippen LogP contribution in [0.2, 0.25) is 0 Å². The van der Waals surface area contributed by atoms with Crippen LogP contribution in [0.5, 0.6) is 0 Å². The molecule has 3 nitrogen and oxygen atoms in total. The molecule has 0 spiro atoms. The molecule has 0 saturated carbocycles. The van der Waals surface area contributed by atoms with Crippen molar-refractivity contribution in [3.8, 4) is 0 Å². The second-order valence-electron chi connectivity index (χ2n) is 3.41. The highest BCUT2D eigenvalue weighted by Gasteiger charge is 2.05. The number of hydrogen-bond acceptors (Lipinski definition) is 2. The summed E-state index contributed by atoms with van der Waals surface area (Å²) in [5, 5.41) is 0. The first-order valence-corrected chi connectivity index (χ1v) is 7.32. The van der Waals surface area contributed by atoms with E-state index >= 15 is 0 Å². The molecular weight excluding hydrogens is 379 g/mol. The van der Waals surface area contributed by atoms with E-state index in [9.17, 15) is 9.18 Å². The van der Waals surface area contributed by atoms with E-state index in [-0.39, 0.29) is 16.0 Å². The summed E-state index contributed by atoms with van der Waals surface area (Å²) in [6.45, 7) is 4.37. The molecule has 1 aromatic heterocycles. The Hall–Kier alpha value is -1.01. The zero-order chi connectivity index (χ0) is 14.4. The van der Waals surface area contributed by atoms with E-state index in [1.54, 1.807) is 18.3 Å². The Morgan fingerprint density at radius 1 is 1.21 bits per heavy atom. The SMILES string of the molecule is CC.O=c1c(Br)nc(Br)cn1Cc1ccc(F)cc1. The van der Waals surface area contributed by atoms with Crippen LogP contribution in [0.15, 0.2) is 44.5 Å². The zero-order valence-corrected chi connectivity index (χ0v) is 13.7. The van der Waals surface area contributed by atoms with Crippen LogP contribution in [0.1, 0.15) is 19.4 Å². The van der Waals surface area contributed by atoms with Gasteiger partial charge in [0.25, 0.3) is 5.56 Å². The van der Waals surface area contributed by atoms with Gasteiger partial charge in [-0.25, -0.2) is 9.37 Å². The lowest BCUT2D eigenvalue weighted by molar-refractivity contribution is 0.625. The maximum Gasteiger partial charge on any atom is 0.284 e. The highest BCUT2D eigenvalue weighted by atomic mass is 79.9. The highest BCUT2D eigenvalue weighted by Crippen LogP contribution is 2.09. The molecule has 0 unspecified atom stereocenters. The maximum atomic E-state index is 12.7. The van der Waals surface area contributed by atoms with Gasteiger partial charge in [0.1, 0.15) is 10.4 Å². The minimum Gasteiger partial charge on any atom is -0.306 e. The molecule has 6 heteroatoms. The lowest BCUT2D eigenvalue weighted by atomic mass is 10.2. The van der Waals surface area contributed by atoms with Gasteiger partial charge >= 0.3 is 0 Å². The minimum absolute atomic E-state index is 0.225. The number of rotatable bonds is 2. The fraction of sp³-hybridized carbons (Fsp3) is 0.231. The van der Waals surface area contributed by atoms with Gasteiger partial charge in [0.05, 0.1) is 6.54 Å². The Bertz CT molecular complexity index is 597. The first kappa shape index (κ1) is 16.0. The van der Waals surface area contributed by atoms with E-state index in [1.807, 2.05) is 13.8 Å². The molecule has 102 valence electrons. The van der Waals surface area contributed by atoms with Crippen molar-refractivity contribution in [3.05, 3.63) is 61.4 Å². The first-order chi connectivity index (χ1) is 9.06. The smallest absolute Gasteiger partial charge is 0.284 e. The average Bonchev–Trinajstić information content (AvgIpc) is 2.40. The van der Waals surface area contributed by atoms with Gasteiger partial charge in [-0.3, -0.25) is 4.79 Å². The van der Waals surface area contributed by atoms with Crippen molar-refractivity contribution < 1.29 is 4.39 Å². The predicted octanol–water partition coefficient (Wildman–Crippen LogP) is 3.98. The van der Waals surface area contributed by atoms with E-state index < -0.39 is 0 Å². The summed E-state index contributed by atoms with van der Waals surface area (Å²) in [5.74, 6) is -0.293. The largest absolute Gasteiger partial charge is 0.306 e. The normalized spacial score (nSPS) is 9.74. The van der Waals surface area contributed by atoms with Gasteiger partial charge in [-0.2, -0.15) is 0 Å². The molecular formula is C13H13Br2FN2O. The average molecular weight is 392 g/mol. The van der Waals surface area contributed by atoms with Crippen molar-refractivity contribution in [2.24, 2.45) is 0 Å². The van der Waals surface area contributed by atoms with Crippen LogP contribution in [0, 0.1) is 5.82 Å². The van der Waals surface area contributed by atoms with Crippen LogP contribution in [0.4, 0.5) is 4.39 Å². The topological polar surface area (TPSA) is 34.9 Å². The van der Waals surface area contributed by atoms with Crippen LogP contribution in [-0.4, -0.2) is 9.55 Å². The van der Waals surface area contributed by atoms with Crippen molar-refractivity contribution in [1.82, 2.24) is 9.55 Å². The van der Waals surface area contributed by atoms with Crippen molar-refractivity contribution in [3.63, 3.8) is 0 Å². The van der Waals surface area contributed by atoms with E-state index in [1.165, 1.54) is 16.7 Å². The summed E-state index contributed by atoms with van der Waals surface area (Å²) in [6, 6.07) is 6.02. The van der Waals surface area contributed by atoms with E-state index in [4.69, 9.17) is 0 Å². The summed E-state index contributed by atoms with van der Waals surface area (Å²) >= 11 is 6.30. The fourth-order valence-electron chi connectivity index (χ4n) is 1.38. The van der Waals surface area contributed by atoms with Gasteiger partial charge in [0.2, 0.25) is 0 Å². The first-order valence-electron chi connectivity index (χ1n) is 5.73. The molecule has 2 aromatic rings. The number of hydrogen-bond donors (Lipinski definition) is 0. The summed E-state index contributed by atoms with van der Waals surface area (Å²) in [5.41, 5.74) is 0.621. The predicted molar refractivity (Wildman–Crippen MR) is 80.7 cm³/mol. The number of aromatic nitrogens is 2. The lowest BCUT2D eigenvalue weighted by Crippen LogP contribution is -2.22. The molecule has 19 heavy (non-hydrogen) atoms. The monoisotopic (exact) mass is 390 g/mol. The number of nitrogens with zero attached hydrogens (tertiary/aromatic N) is 2. The third-order valence-corrected chi connectivity index (χ3v) is 3.07. The molecule has 0 aliphatic carbocycles. The Morgan fingerprint density at radius 2 is 1.79 bits per heavy atom. The minimum atomic E-state index is -0.293. The van der Waals surface area contributed by atoms with Gasteiger partial charge in [0.15, 0.2) is 4.60 Å². The van der Waals surface area contributed by atoms with Gasteiger partial charge in [-0.1, -0.05) is 26.0 Å². The van der Waals surface area contributed by atoms with Crippen LogP contribution in [0.25, 0.3) is 0 Å². The van der Waals surface area contributed by atoms with E-state index in [0.29, 0.717) is 11.1 Å². The zero-order valence-electron chi connectivity index (χ0n) is 10.5. The Balaban J connectivity index is 0.000000861. The van der Waals surface area contributed by atoms with Crippen LogP contribution >= 0.6 is 31.9 Å². The molecule has 0 saturated heterocycles. The molecule has 0 amide bonds. The molecule has 0 N–H and O–H groups in total. The highest BCUT2D eigenvalue weighted by molar-refractivity contribution is 9.11. The van der Waals surface area contributed by atoms with Crippen LogP contribution in [-0.2, 0) is 6.54 Å².